The summed E-state index contributed by atoms with van der Waals surface area (Å²) >= 11 is 11.9. The Hall–Kier alpha value is -2.17. The molecule has 110 valence electrons. The van der Waals surface area contributed by atoms with Crippen molar-refractivity contribution in [2.24, 2.45) is 0 Å². The third-order valence-electron chi connectivity index (χ3n) is 2.88. The van der Waals surface area contributed by atoms with Gasteiger partial charge in [-0.1, -0.05) is 35.3 Å². The standard InChI is InChI=1S/C16H9Cl2FN2O/c17-12-6-4-10(14(18)9-12)5-7-15-20-21-16(22-15)11-2-1-3-13(19)8-11/h1-9H/b7-5+. The van der Waals surface area contributed by atoms with E-state index in [0.717, 1.165) is 5.56 Å². The van der Waals surface area contributed by atoms with E-state index in [4.69, 9.17) is 27.6 Å². The second-order valence-electron chi connectivity index (χ2n) is 4.45. The van der Waals surface area contributed by atoms with Crippen LogP contribution in [0.5, 0.6) is 0 Å². The zero-order chi connectivity index (χ0) is 15.5. The molecule has 3 aromatic rings. The lowest BCUT2D eigenvalue weighted by Crippen LogP contribution is -1.79. The van der Waals surface area contributed by atoms with Crippen molar-refractivity contribution in [2.75, 3.05) is 0 Å². The molecule has 0 saturated heterocycles. The van der Waals surface area contributed by atoms with Gasteiger partial charge in [-0.25, -0.2) is 4.39 Å². The van der Waals surface area contributed by atoms with E-state index in [0.29, 0.717) is 21.5 Å². The molecule has 0 bridgehead atoms. The van der Waals surface area contributed by atoms with Crippen LogP contribution in [0.15, 0.2) is 46.9 Å². The summed E-state index contributed by atoms with van der Waals surface area (Å²) in [6, 6.07) is 11.1. The first-order valence-corrected chi connectivity index (χ1v) is 7.10. The predicted molar refractivity (Wildman–Crippen MR) is 85.1 cm³/mol. The molecule has 0 atom stereocenters. The summed E-state index contributed by atoms with van der Waals surface area (Å²) in [5.41, 5.74) is 1.30. The average Bonchev–Trinajstić information content (AvgIpc) is 2.95. The summed E-state index contributed by atoms with van der Waals surface area (Å²) in [6.07, 6.45) is 3.37. The summed E-state index contributed by atoms with van der Waals surface area (Å²) in [6.45, 7) is 0. The van der Waals surface area contributed by atoms with Crippen LogP contribution in [0.3, 0.4) is 0 Å². The number of hydrogen-bond donors (Lipinski definition) is 0. The predicted octanol–water partition coefficient (Wildman–Crippen LogP) is 5.35. The summed E-state index contributed by atoms with van der Waals surface area (Å²) in [4.78, 5) is 0. The van der Waals surface area contributed by atoms with Gasteiger partial charge in [0, 0.05) is 21.7 Å². The van der Waals surface area contributed by atoms with Crippen LogP contribution in [0.25, 0.3) is 23.6 Å². The summed E-state index contributed by atoms with van der Waals surface area (Å²) in [5.74, 6) is 0.187. The minimum Gasteiger partial charge on any atom is -0.417 e. The first kappa shape index (κ1) is 14.8. The van der Waals surface area contributed by atoms with Gasteiger partial charge < -0.3 is 4.42 Å². The third kappa shape index (κ3) is 3.35. The number of rotatable bonds is 3. The summed E-state index contributed by atoms with van der Waals surface area (Å²) in [7, 11) is 0. The van der Waals surface area contributed by atoms with Crippen molar-refractivity contribution in [1.82, 2.24) is 10.2 Å². The van der Waals surface area contributed by atoms with Crippen molar-refractivity contribution >= 4 is 35.4 Å². The van der Waals surface area contributed by atoms with Crippen LogP contribution in [0.2, 0.25) is 10.0 Å². The Balaban J connectivity index is 1.83. The highest BCUT2D eigenvalue weighted by molar-refractivity contribution is 6.35. The van der Waals surface area contributed by atoms with E-state index in [1.54, 1.807) is 42.5 Å². The fraction of sp³-hybridized carbons (Fsp3) is 0. The van der Waals surface area contributed by atoms with E-state index < -0.39 is 0 Å². The maximum atomic E-state index is 13.2. The smallest absolute Gasteiger partial charge is 0.248 e. The van der Waals surface area contributed by atoms with E-state index in [1.165, 1.54) is 12.1 Å². The van der Waals surface area contributed by atoms with Gasteiger partial charge in [0.15, 0.2) is 0 Å². The number of benzene rings is 2. The van der Waals surface area contributed by atoms with Gasteiger partial charge in [0.05, 0.1) is 0 Å². The lowest BCUT2D eigenvalue weighted by Gasteiger charge is -1.97. The van der Waals surface area contributed by atoms with Crippen molar-refractivity contribution in [2.45, 2.75) is 0 Å². The van der Waals surface area contributed by atoms with Crippen LogP contribution in [0, 0.1) is 5.82 Å². The number of nitrogens with zero attached hydrogens (tertiary/aromatic N) is 2. The molecule has 0 unspecified atom stereocenters. The second kappa shape index (κ2) is 6.30. The largest absolute Gasteiger partial charge is 0.417 e. The lowest BCUT2D eigenvalue weighted by molar-refractivity contribution is 0.556. The quantitative estimate of drug-likeness (QED) is 0.647. The number of hydrogen-bond acceptors (Lipinski definition) is 3. The highest BCUT2D eigenvalue weighted by Gasteiger charge is 2.07. The van der Waals surface area contributed by atoms with E-state index in [1.807, 2.05) is 0 Å². The molecule has 3 nitrogen and oxygen atoms in total. The molecular formula is C16H9Cl2FN2O. The zero-order valence-corrected chi connectivity index (χ0v) is 12.6. The Morgan fingerprint density at radius 3 is 2.64 bits per heavy atom. The Bertz CT molecular complexity index is 846. The Labute approximate surface area is 136 Å². The van der Waals surface area contributed by atoms with Gasteiger partial charge in [-0.3, -0.25) is 0 Å². The molecule has 0 N–H and O–H groups in total. The second-order valence-corrected chi connectivity index (χ2v) is 5.30. The molecule has 0 radical (unpaired) electrons. The van der Waals surface area contributed by atoms with Gasteiger partial charge in [-0.15, -0.1) is 10.2 Å². The molecule has 0 saturated carbocycles. The van der Waals surface area contributed by atoms with Crippen LogP contribution >= 0.6 is 23.2 Å². The minimum absolute atomic E-state index is 0.251. The van der Waals surface area contributed by atoms with Gasteiger partial charge in [0.1, 0.15) is 5.82 Å². The average molecular weight is 335 g/mol. The molecule has 0 aliphatic rings. The van der Waals surface area contributed by atoms with Gasteiger partial charge in [0.2, 0.25) is 11.8 Å². The van der Waals surface area contributed by atoms with Crippen LogP contribution < -0.4 is 0 Å². The first-order chi connectivity index (χ1) is 10.6. The van der Waals surface area contributed by atoms with Crippen LogP contribution in [-0.4, -0.2) is 10.2 Å². The van der Waals surface area contributed by atoms with Gasteiger partial charge in [0.25, 0.3) is 0 Å². The van der Waals surface area contributed by atoms with Crippen LogP contribution in [-0.2, 0) is 0 Å². The molecule has 1 heterocycles. The van der Waals surface area contributed by atoms with E-state index in [-0.39, 0.29) is 11.7 Å². The molecule has 6 heteroatoms. The van der Waals surface area contributed by atoms with Crippen molar-refractivity contribution < 1.29 is 8.81 Å². The third-order valence-corrected chi connectivity index (χ3v) is 3.44. The monoisotopic (exact) mass is 334 g/mol. The molecule has 1 aromatic heterocycles. The topological polar surface area (TPSA) is 38.9 Å². The fourth-order valence-electron chi connectivity index (χ4n) is 1.84. The summed E-state index contributed by atoms with van der Waals surface area (Å²) in [5, 5.41) is 8.86. The van der Waals surface area contributed by atoms with E-state index in [2.05, 4.69) is 10.2 Å². The highest BCUT2D eigenvalue weighted by atomic mass is 35.5. The van der Waals surface area contributed by atoms with Gasteiger partial charge in [-0.05, 0) is 42.0 Å². The Kier molecular flexibility index (Phi) is 4.22. The SMILES string of the molecule is Fc1cccc(-c2nnc(/C=C/c3ccc(Cl)cc3Cl)o2)c1. The Morgan fingerprint density at radius 2 is 1.86 bits per heavy atom. The number of halogens is 3. The van der Waals surface area contributed by atoms with Crippen LogP contribution in [0.1, 0.15) is 11.5 Å². The fourth-order valence-corrected chi connectivity index (χ4v) is 2.31. The lowest BCUT2D eigenvalue weighted by atomic mass is 10.2. The molecule has 2 aromatic carbocycles. The molecule has 0 amide bonds. The maximum absolute atomic E-state index is 13.2. The van der Waals surface area contributed by atoms with Crippen molar-refractivity contribution in [3.63, 3.8) is 0 Å². The molecule has 0 fully saturated rings. The maximum Gasteiger partial charge on any atom is 0.248 e. The minimum atomic E-state index is -0.360. The number of aromatic nitrogens is 2. The zero-order valence-electron chi connectivity index (χ0n) is 11.1. The van der Waals surface area contributed by atoms with E-state index >= 15 is 0 Å². The van der Waals surface area contributed by atoms with Crippen molar-refractivity contribution in [3.05, 3.63) is 69.8 Å². The van der Waals surface area contributed by atoms with Gasteiger partial charge >= 0.3 is 0 Å². The van der Waals surface area contributed by atoms with Crippen molar-refractivity contribution in [1.29, 1.82) is 0 Å². The first-order valence-electron chi connectivity index (χ1n) is 6.34. The summed E-state index contributed by atoms with van der Waals surface area (Å²) < 4.78 is 18.6. The molecular weight excluding hydrogens is 326 g/mol. The highest BCUT2D eigenvalue weighted by Crippen LogP contribution is 2.23. The molecule has 3 rings (SSSR count). The van der Waals surface area contributed by atoms with E-state index in [9.17, 15) is 4.39 Å². The Morgan fingerprint density at radius 1 is 1.00 bits per heavy atom. The molecule has 0 spiro atoms. The molecule has 22 heavy (non-hydrogen) atoms. The normalized spacial score (nSPS) is 11.2. The van der Waals surface area contributed by atoms with Crippen molar-refractivity contribution in [3.8, 4) is 11.5 Å². The van der Waals surface area contributed by atoms with Crippen LogP contribution in [0.4, 0.5) is 4.39 Å². The molecule has 0 aliphatic heterocycles. The van der Waals surface area contributed by atoms with Gasteiger partial charge in [-0.2, -0.15) is 0 Å². The molecule has 0 aliphatic carbocycles.